The van der Waals surface area contributed by atoms with Crippen molar-refractivity contribution >= 4 is 11.7 Å². The minimum absolute atomic E-state index is 0.339. The highest BCUT2D eigenvalue weighted by molar-refractivity contribution is 5.89. The van der Waals surface area contributed by atoms with Gasteiger partial charge in [0.15, 0.2) is 0 Å². The third-order valence-corrected chi connectivity index (χ3v) is 2.96. The molecule has 2 aromatic rings. The average Bonchev–Trinajstić information content (AvgIpc) is 2.39. The van der Waals surface area contributed by atoms with Gasteiger partial charge in [0.05, 0.1) is 5.56 Å². The molecule has 0 aromatic heterocycles. The number of halogens is 3. The van der Waals surface area contributed by atoms with E-state index in [1.54, 1.807) is 6.92 Å². The first kappa shape index (κ1) is 14.9. The summed E-state index contributed by atoms with van der Waals surface area (Å²) >= 11 is 0. The van der Waals surface area contributed by atoms with Gasteiger partial charge >= 0.3 is 5.97 Å². The Kier molecular flexibility index (Phi) is 4.16. The number of anilines is 1. The molecule has 2 rings (SSSR count). The Morgan fingerprint density at radius 1 is 1.10 bits per heavy atom. The Labute approximate surface area is 119 Å². The molecule has 0 aliphatic carbocycles. The average molecular weight is 295 g/mol. The van der Waals surface area contributed by atoms with Crippen molar-refractivity contribution in [2.24, 2.45) is 0 Å². The summed E-state index contributed by atoms with van der Waals surface area (Å²) in [5.41, 5.74) is 0.220. The lowest BCUT2D eigenvalue weighted by atomic mass is 10.1. The highest BCUT2D eigenvalue weighted by Crippen LogP contribution is 2.22. The van der Waals surface area contributed by atoms with E-state index in [1.165, 1.54) is 18.2 Å². The third kappa shape index (κ3) is 3.53. The van der Waals surface area contributed by atoms with Gasteiger partial charge in [-0.05, 0) is 42.8 Å². The fraction of sp³-hybridized carbons (Fsp3) is 0.133. The molecule has 0 saturated carbocycles. The maximum atomic E-state index is 13.3. The molecule has 0 radical (unpaired) electrons. The molecule has 0 aliphatic heterocycles. The molecule has 0 spiro atoms. The monoisotopic (exact) mass is 295 g/mol. The predicted molar refractivity (Wildman–Crippen MR) is 71.8 cm³/mol. The Morgan fingerprint density at radius 2 is 1.71 bits per heavy atom. The minimum Gasteiger partial charge on any atom is -0.478 e. The van der Waals surface area contributed by atoms with Crippen LogP contribution in [0.4, 0.5) is 18.9 Å². The van der Waals surface area contributed by atoms with Gasteiger partial charge < -0.3 is 10.4 Å². The zero-order chi connectivity index (χ0) is 15.6. The molecule has 1 unspecified atom stereocenters. The van der Waals surface area contributed by atoms with Gasteiger partial charge in [0.25, 0.3) is 0 Å². The van der Waals surface area contributed by atoms with Crippen LogP contribution in [0.1, 0.15) is 28.9 Å². The molecule has 0 saturated heterocycles. The number of benzene rings is 2. The summed E-state index contributed by atoms with van der Waals surface area (Å²) in [6, 6.07) is 6.12. The molecule has 3 nitrogen and oxygen atoms in total. The lowest BCUT2D eigenvalue weighted by molar-refractivity contribution is 0.0692. The number of carbonyl (C=O) groups is 1. The van der Waals surface area contributed by atoms with Crippen molar-refractivity contribution in [1.82, 2.24) is 0 Å². The highest BCUT2D eigenvalue weighted by Gasteiger charge is 2.13. The van der Waals surface area contributed by atoms with Crippen LogP contribution in [-0.4, -0.2) is 11.1 Å². The van der Waals surface area contributed by atoms with E-state index in [-0.39, 0.29) is 0 Å². The standard InChI is InChI=1S/C15H12F3NO2/c1-8(9-4-10(16)6-11(17)5-9)19-12-2-3-14(18)13(7-12)15(20)21/h2-8,19H,1H3,(H,20,21). The first-order valence-corrected chi connectivity index (χ1v) is 6.12. The normalized spacial score (nSPS) is 12.0. The van der Waals surface area contributed by atoms with Gasteiger partial charge in [0, 0.05) is 17.8 Å². The largest absolute Gasteiger partial charge is 0.478 e. The van der Waals surface area contributed by atoms with Crippen LogP contribution in [0.3, 0.4) is 0 Å². The van der Waals surface area contributed by atoms with Crippen molar-refractivity contribution in [3.05, 3.63) is 65.0 Å². The predicted octanol–water partition coefficient (Wildman–Crippen LogP) is 3.98. The smallest absolute Gasteiger partial charge is 0.338 e. The SMILES string of the molecule is CC(Nc1ccc(F)c(C(=O)O)c1)c1cc(F)cc(F)c1. The second kappa shape index (κ2) is 5.87. The van der Waals surface area contributed by atoms with Crippen molar-refractivity contribution in [1.29, 1.82) is 0 Å². The summed E-state index contributed by atoms with van der Waals surface area (Å²) < 4.78 is 39.6. The van der Waals surface area contributed by atoms with Crippen molar-refractivity contribution < 1.29 is 23.1 Å². The van der Waals surface area contributed by atoms with E-state index in [1.807, 2.05) is 0 Å². The molecule has 0 fully saturated rings. The quantitative estimate of drug-likeness (QED) is 0.897. The lowest BCUT2D eigenvalue weighted by Gasteiger charge is -2.16. The van der Waals surface area contributed by atoms with Gasteiger partial charge in [0.1, 0.15) is 17.5 Å². The van der Waals surface area contributed by atoms with E-state index in [4.69, 9.17) is 5.11 Å². The van der Waals surface area contributed by atoms with Crippen LogP contribution >= 0.6 is 0 Å². The van der Waals surface area contributed by atoms with Gasteiger partial charge in [-0.3, -0.25) is 0 Å². The van der Waals surface area contributed by atoms with Gasteiger partial charge in [-0.2, -0.15) is 0 Å². The number of aromatic carboxylic acids is 1. The van der Waals surface area contributed by atoms with Crippen molar-refractivity contribution in [3.8, 4) is 0 Å². The Morgan fingerprint density at radius 3 is 2.29 bits per heavy atom. The van der Waals surface area contributed by atoms with Crippen LogP contribution in [0.5, 0.6) is 0 Å². The molecule has 2 aromatic carbocycles. The fourth-order valence-corrected chi connectivity index (χ4v) is 1.94. The van der Waals surface area contributed by atoms with E-state index >= 15 is 0 Å². The molecular formula is C15H12F3NO2. The van der Waals surface area contributed by atoms with Crippen molar-refractivity contribution in [3.63, 3.8) is 0 Å². The zero-order valence-electron chi connectivity index (χ0n) is 11.0. The van der Waals surface area contributed by atoms with E-state index in [2.05, 4.69) is 5.32 Å². The number of hydrogen-bond acceptors (Lipinski definition) is 2. The maximum Gasteiger partial charge on any atom is 0.338 e. The summed E-state index contributed by atoms with van der Waals surface area (Å²) in [5.74, 6) is -3.65. The summed E-state index contributed by atoms with van der Waals surface area (Å²) in [7, 11) is 0. The number of carboxylic acids is 1. The summed E-state index contributed by atoms with van der Waals surface area (Å²) in [6.45, 7) is 1.65. The molecule has 1 atom stereocenters. The first-order chi connectivity index (χ1) is 9.86. The van der Waals surface area contributed by atoms with Crippen molar-refractivity contribution in [2.75, 3.05) is 5.32 Å². The molecule has 0 aliphatic rings. The van der Waals surface area contributed by atoms with E-state index in [0.29, 0.717) is 11.3 Å². The summed E-state index contributed by atoms with van der Waals surface area (Å²) in [5, 5.41) is 11.7. The molecule has 2 N–H and O–H groups in total. The van der Waals surface area contributed by atoms with Gasteiger partial charge in [-0.1, -0.05) is 0 Å². The molecule has 0 heterocycles. The van der Waals surface area contributed by atoms with Gasteiger partial charge in [-0.25, -0.2) is 18.0 Å². The summed E-state index contributed by atoms with van der Waals surface area (Å²) in [4.78, 5) is 10.9. The fourth-order valence-electron chi connectivity index (χ4n) is 1.94. The number of nitrogens with one attached hydrogen (secondary N) is 1. The minimum atomic E-state index is -1.39. The van der Waals surface area contributed by atoms with Crippen LogP contribution in [0.25, 0.3) is 0 Å². The molecule has 6 heteroatoms. The molecule has 0 bridgehead atoms. The van der Waals surface area contributed by atoms with Gasteiger partial charge in [0.2, 0.25) is 0 Å². The highest BCUT2D eigenvalue weighted by atomic mass is 19.1. The van der Waals surface area contributed by atoms with Crippen LogP contribution in [0.2, 0.25) is 0 Å². The Balaban J connectivity index is 2.25. The third-order valence-electron chi connectivity index (χ3n) is 2.96. The molecule has 21 heavy (non-hydrogen) atoms. The van der Waals surface area contributed by atoms with Crippen LogP contribution in [-0.2, 0) is 0 Å². The van der Waals surface area contributed by atoms with E-state index in [9.17, 15) is 18.0 Å². The second-order valence-corrected chi connectivity index (χ2v) is 4.57. The maximum absolute atomic E-state index is 13.3. The number of carboxylic acid groups (broad SMARTS) is 1. The van der Waals surface area contributed by atoms with E-state index < -0.39 is 35.0 Å². The molecule has 110 valence electrons. The summed E-state index contributed by atoms with van der Waals surface area (Å²) in [6.07, 6.45) is 0. The lowest BCUT2D eigenvalue weighted by Crippen LogP contribution is -2.09. The number of hydrogen-bond donors (Lipinski definition) is 2. The Bertz CT molecular complexity index is 668. The van der Waals surface area contributed by atoms with Crippen molar-refractivity contribution in [2.45, 2.75) is 13.0 Å². The van der Waals surface area contributed by atoms with Crippen LogP contribution in [0.15, 0.2) is 36.4 Å². The van der Waals surface area contributed by atoms with Gasteiger partial charge in [-0.15, -0.1) is 0 Å². The zero-order valence-corrected chi connectivity index (χ0v) is 11.0. The number of rotatable bonds is 4. The Hall–Kier alpha value is -2.50. The topological polar surface area (TPSA) is 49.3 Å². The molecular weight excluding hydrogens is 283 g/mol. The molecule has 0 amide bonds. The van der Waals surface area contributed by atoms with Crippen LogP contribution in [0, 0.1) is 17.5 Å². The second-order valence-electron chi connectivity index (χ2n) is 4.57. The first-order valence-electron chi connectivity index (χ1n) is 6.12. The van der Waals surface area contributed by atoms with Crippen LogP contribution < -0.4 is 5.32 Å². The van der Waals surface area contributed by atoms with E-state index in [0.717, 1.165) is 18.2 Å².